The van der Waals surface area contributed by atoms with Crippen molar-refractivity contribution < 1.29 is 23.8 Å². The fourth-order valence-corrected chi connectivity index (χ4v) is 3.50. The molecule has 0 saturated carbocycles. The number of nitrogens with two attached hydrogens (primary N) is 1. The topological polar surface area (TPSA) is 182 Å². The van der Waals surface area contributed by atoms with Crippen molar-refractivity contribution in [3.63, 3.8) is 0 Å². The normalized spacial score (nSPS) is 12.4. The first kappa shape index (κ1) is 26.1. The second-order valence-electron chi connectivity index (χ2n) is 7.81. The Morgan fingerprint density at radius 3 is 2.67 bits per heavy atom. The SMILES string of the molecule is CCC[C@@H](Nc1nc(Nc2cnc(OCC)c(-n3ccnn3)c2)c(C(N)=O)cc1F)[C@H](C)NC(=O)O. The molecule has 0 aliphatic rings. The number of carboxylic acid groups (broad SMARTS) is 1. The zero-order chi connectivity index (χ0) is 26.2. The Balaban J connectivity index is 1.98. The molecule has 0 aromatic carbocycles. The molecular formula is C22H28FN9O4. The van der Waals surface area contributed by atoms with E-state index in [0.29, 0.717) is 36.7 Å². The van der Waals surface area contributed by atoms with Crippen LogP contribution in [0, 0.1) is 5.82 Å². The Morgan fingerprint density at radius 1 is 1.28 bits per heavy atom. The van der Waals surface area contributed by atoms with Gasteiger partial charge in [-0.2, -0.15) is 0 Å². The molecule has 14 heteroatoms. The van der Waals surface area contributed by atoms with Crippen LogP contribution in [0.5, 0.6) is 5.88 Å². The molecule has 3 heterocycles. The van der Waals surface area contributed by atoms with Crippen LogP contribution in [0.2, 0.25) is 0 Å². The van der Waals surface area contributed by atoms with Crippen molar-refractivity contribution >= 4 is 29.3 Å². The molecule has 0 aliphatic carbocycles. The van der Waals surface area contributed by atoms with E-state index in [1.807, 2.05) is 13.8 Å². The Bertz CT molecular complexity index is 1210. The molecule has 0 radical (unpaired) electrons. The maximum atomic E-state index is 14.9. The molecule has 0 saturated heterocycles. The first-order chi connectivity index (χ1) is 17.2. The first-order valence-electron chi connectivity index (χ1n) is 11.3. The van der Waals surface area contributed by atoms with Gasteiger partial charge in [-0.15, -0.1) is 5.10 Å². The van der Waals surface area contributed by atoms with Gasteiger partial charge < -0.3 is 31.5 Å². The lowest BCUT2D eigenvalue weighted by Crippen LogP contribution is -2.44. The van der Waals surface area contributed by atoms with Crippen molar-refractivity contribution in [2.45, 2.75) is 45.7 Å². The van der Waals surface area contributed by atoms with E-state index in [-0.39, 0.29) is 17.2 Å². The number of nitrogens with one attached hydrogen (secondary N) is 3. The summed E-state index contributed by atoms with van der Waals surface area (Å²) in [4.78, 5) is 31.7. The lowest BCUT2D eigenvalue weighted by Gasteiger charge is -2.26. The van der Waals surface area contributed by atoms with Gasteiger partial charge in [-0.25, -0.2) is 23.8 Å². The molecule has 3 aromatic rings. The largest absolute Gasteiger partial charge is 0.476 e. The Morgan fingerprint density at radius 2 is 2.06 bits per heavy atom. The third-order valence-corrected chi connectivity index (χ3v) is 5.16. The number of aromatic nitrogens is 5. The fraction of sp³-hybridized carbons (Fsp3) is 0.364. The highest BCUT2D eigenvalue weighted by atomic mass is 19.1. The van der Waals surface area contributed by atoms with Gasteiger partial charge in [0.2, 0.25) is 5.88 Å². The molecule has 0 aliphatic heterocycles. The van der Waals surface area contributed by atoms with E-state index in [1.165, 1.54) is 17.1 Å². The monoisotopic (exact) mass is 501 g/mol. The molecule has 6 N–H and O–H groups in total. The number of hydrogen-bond donors (Lipinski definition) is 5. The Kier molecular flexibility index (Phi) is 8.54. The molecule has 36 heavy (non-hydrogen) atoms. The maximum Gasteiger partial charge on any atom is 0.404 e. The van der Waals surface area contributed by atoms with Crippen LogP contribution < -0.4 is 26.4 Å². The van der Waals surface area contributed by atoms with E-state index < -0.39 is 29.9 Å². The summed E-state index contributed by atoms with van der Waals surface area (Å²) in [7, 11) is 0. The smallest absolute Gasteiger partial charge is 0.404 e. The number of carbonyl (C=O) groups is 2. The lowest BCUT2D eigenvalue weighted by molar-refractivity contribution is 0.1000. The highest BCUT2D eigenvalue weighted by molar-refractivity contribution is 5.98. The van der Waals surface area contributed by atoms with Crippen molar-refractivity contribution in [1.82, 2.24) is 30.3 Å². The second kappa shape index (κ2) is 11.8. The Hall–Kier alpha value is -4.49. The predicted octanol–water partition coefficient (Wildman–Crippen LogP) is 2.67. The third-order valence-electron chi connectivity index (χ3n) is 5.16. The number of rotatable bonds is 12. The average molecular weight is 502 g/mol. The summed E-state index contributed by atoms with van der Waals surface area (Å²) in [6.07, 6.45) is 4.60. The minimum Gasteiger partial charge on any atom is -0.476 e. The summed E-state index contributed by atoms with van der Waals surface area (Å²) in [5.41, 5.74) is 6.15. The highest BCUT2D eigenvalue weighted by Crippen LogP contribution is 2.28. The zero-order valence-electron chi connectivity index (χ0n) is 20.0. The van der Waals surface area contributed by atoms with Crippen LogP contribution in [0.1, 0.15) is 44.0 Å². The van der Waals surface area contributed by atoms with Gasteiger partial charge in [-0.05, 0) is 32.4 Å². The van der Waals surface area contributed by atoms with Gasteiger partial charge in [0.1, 0.15) is 11.5 Å². The molecule has 13 nitrogen and oxygen atoms in total. The van der Waals surface area contributed by atoms with Crippen LogP contribution in [0.4, 0.5) is 26.5 Å². The van der Waals surface area contributed by atoms with Crippen LogP contribution in [0.15, 0.2) is 30.7 Å². The van der Waals surface area contributed by atoms with E-state index in [9.17, 15) is 14.0 Å². The van der Waals surface area contributed by atoms with Gasteiger partial charge in [0, 0.05) is 12.1 Å². The summed E-state index contributed by atoms with van der Waals surface area (Å²) in [6.45, 7) is 5.76. The predicted molar refractivity (Wildman–Crippen MR) is 129 cm³/mol. The molecule has 2 atom stereocenters. The van der Waals surface area contributed by atoms with Gasteiger partial charge >= 0.3 is 6.09 Å². The molecule has 3 rings (SSSR count). The van der Waals surface area contributed by atoms with E-state index in [0.717, 1.165) is 6.07 Å². The van der Waals surface area contributed by atoms with E-state index in [2.05, 4.69) is 36.2 Å². The average Bonchev–Trinajstić information content (AvgIpc) is 3.36. The number of hydrogen-bond acceptors (Lipinski definition) is 9. The molecule has 0 spiro atoms. The lowest BCUT2D eigenvalue weighted by atomic mass is 10.0. The van der Waals surface area contributed by atoms with Crippen LogP contribution in [-0.4, -0.2) is 60.8 Å². The number of amides is 2. The van der Waals surface area contributed by atoms with Crippen LogP contribution in [0.25, 0.3) is 5.69 Å². The van der Waals surface area contributed by atoms with Gasteiger partial charge in [0.05, 0.1) is 36.4 Å². The highest BCUT2D eigenvalue weighted by Gasteiger charge is 2.23. The number of carbonyl (C=O) groups excluding carboxylic acids is 1. The zero-order valence-corrected chi connectivity index (χ0v) is 20.0. The molecule has 0 fully saturated rings. The van der Waals surface area contributed by atoms with E-state index in [1.54, 1.807) is 19.2 Å². The molecule has 2 amide bonds. The van der Waals surface area contributed by atoms with Crippen LogP contribution >= 0.6 is 0 Å². The minimum atomic E-state index is -1.20. The summed E-state index contributed by atoms with van der Waals surface area (Å²) >= 11 is 0. The molecule has 192 valence electrons. The number of nitrogens with zero attached hydrogens (tertiary/aromatic N) is 5. The summed E-state index contributed by atoms with van der Waals surface area (Å²) in [6, 6.07) is 1.61. The van der Waals surface area contributed by atoms with Gasteiger partial charge in [0.15, 0.2) is 11.6 Å². The molecule has 0 bridgehead atoms. The van der Waals surface area contributed by atoms with Gasteiger partial charge in [-0.1, -0.05) is 18.6 Å². The van der Waals surface area contributed by atoms with Crippen LogP contribution in [0.3, 0.4) is 0 Å². The number of ether oxygens (including phenoxy) is 1. The summed E-state index contributed by atoms with van der Waals surface area (Å²) in [5.74, 6) is -1.59. The number of halogens is 1. The third kappa shape index (κ3) is 6.34. The Labute approximate surface area is 206 Å². The van der Waals surface area contributed by atoms with Gasteiger partial charge in [-0.3, -0.25) is 4.79 Å². The van der Waals surface area contributed by atoms with Crippen molar-refractivity contribution in [2.75, 3.05) is 17.2 Å². The van der Waals surface area contributed by atoms with Crippen molar-refractivity contribution in [3.8, 4) is 11.6 Å². The summed E-state index contributed by atoms with van der Waals surface area (Å²) < 4.78 is 21.9. The van der Waals surface area contributed by atoms with Crippen molar-refractivity contribution in [3.05, 3.63) is 42.1 Å². The maximum absolute atomic E-state index is 14.9. The first-order valence-corrected chi connectivity index (χ1v) is 11.3. The number of pyridine rings is 2. The molecule has 0 unspecified atom stereocenters. The van der Waals surface area contributed by atoms with Crippen molar-refractivity contribution in [2.24, 2.45) is 5.73 Å². The molecule has 3 aromatic heterocycles. The van der Waals surface area contributed by atoms with E-state index >= 15 is 0 Å². The molecular weight excluding hydrogens is 473 g/mol. The van der Waals surface area contributed by atoms with Crippen LogP contribution in [-0.2, 0) is 0 Å². The minimum absolute atomic E-state index is 0.0176. The standard InChI is InChI=1S/C22H28FN9O4/c1-4-6-16(12(3)27-22(34)35)29-20-15(23)10-14(18(24)33)19(30-20)28-13-9-17(32-8-7-26-31-32)21(25-11-13)36-5-2/h7-12,16,27H,4-6H2,1-3H3,(H2,24,33)(H,34,35)(H2,28,29,30)/t12-,16+/m0/s1. The number of primary amides is 1. The fourth-order valence-electron chi connectivity index (χ4n) is 3.50. The number of anilines is 3. The van der Waals surface area contributed by atoms with Crippen molar-refractivity contribution in [1.29, 1.82) is 0 Å². The second-order valence-corrected chi connectivity index (χ2v) is 7.81. The van der Waals surface area contributed by atoms with E-state index in [4.69, 9.17) is 15.6 Å². The quantitative estimate of drug-likeness (QED) is 0.247. The summed E-state index contributed by atoms with van der Waals surface area (Å²) in [5, 5.41) is 25.1. The van der Waals surface area contributed by atoms with Gasteiger partial charge in [0.25, 0.3) is 5.91 Å².